The minimum atomic E-state index is -4.09. The number of hydrogen-bond acceptors (Lipinski definition) is 6. The Morgan fingerprint density at radius 2 is 1.79 bits per heavy atom. The summed E-state index contributed by atoms with van der Waals surface area (Å²) in [6, 6.07) is -0.773. The van der Waals surface area contributed by atoms with E-state index in [9.17, 15) is 13.2 Å². The SMILES string of the molecule is O=C(Nc1c2c(nc3c1CCC3)CCC2)NS(=O)(=O)c1cnn2c1OCCC2. The van der Waals surface area contributed by atoms with Crippen molar-refractivity contribution in [2.24, 2.45) is 0 Å². The van der Waals surface area contributed by atoms with Crippen LogP contribution in [0.25, 0.3) is 0 Å². The molecule has 0 saturated carbocycles. The zero-order valence-electron chi connectivity index (χ0n) is 15.3. The number of sulfonamides is 1. The fraction of sp³-hybridized carbons (Fsp3) is 0.500. The van der Waals surface area contributed by atoms with E-state index in [1.165, 1.54) is 10.9 Å². The van der Waals surface area contributed by atoms with Crippen LogP contribution in [0.15, 0.2) is 11.1 Å². The van der Waals surface area contributed by atoms with E-state index in [-0.39, 0.29) is 10.8 Å². The van der Waals surface area contributed by atoms with Gasteiger partial charge in [-0.3, -0.25) is 4.98 Å². The van der Waals surface area contributed by atoms with Gasteiger partial charge in [-0.1, -0.05) is 0 Å². The Kier molecular flexibility index (Phi) is 4.04. The molecule has 0 spiro atoms. The lowest BCUT2D eigenvalue weighted by Gasteiger charge is -2.17. The molecule has 0 fully saturated rings. The number of aromatic nitrogens is 3. The van der Waals surface area contributed by atoms with Crippen LogP contribution in [0.4, 0.5) is 10.5 Å². The van der Waals surface area contributed by atoms with E-state index in [1.54, 1.807) is 0 Å². The number of hydrogen-bond donors (Lipinski definition) is 2. The molecule has 3 heterocycles. The van der Waals surface area contributed by atoms with Crippen molar-refractivity contribution in [1.82, 2.24) is 19.5 Å². The average molecular weight is 403 g/mol. The zero-order valence-corrected chi connectivity index (χ0v) is 16.1. The maximum absolute atomic E-state index is 12.7. The number of nitrogens with one attached hydrogen (secondary N) is 2. The van der Waals surface area contributed by atoms with Crippen LogP contribution in [-0.2, 0) is 42.3 Å². The molecule has 10 heteroatoms. The average Bonchev–Trinajstić information content (AvgIpc) is 3.39. The van der Waals surface area contributed by atoms with E-state index in [0.717, 1.165) is 73.1 Å². The Bertz CT molecular complexity index is 1040. The molecule has 0 radical (unpaired) electrons. The summed E-state index contributed by atoms with van der Waals surface area (Å²) in [5.41, 5.74) is 4.88. The Hall–Kier alpha value is -2.62. The molecule has 5 rings (SSSR count). The van der Waals surface area contributed by atoms with Crippen molar-refractivity contribution in [3.8, 4) is 5.88 Å². The van der Waals surface area contributed by atoms with Crippen LogP contribution in [0, 0.1) is 0 Å². The highest BCUT2D eigenvalue weighted by molar-refractivity contribution is 7.90. The molecular weight excluding hydrogens is 382 g/mol. The number of rotatable bonds is 3. The summed E-state index contributed by atoms with van der Waals surface area (Å²) in [5.74, 6) is 0.178. The summed E-state index contributed by atoms with van der Waals surface area (Å²) >= 11 is 0. The van der Waals surface area contributed by atoms with E-state index in [0.29, 0.717) is 13.2 Å². The van der Waals surface area contributed by atoms with E-state index >= 15 is 0 Å². The van der Waals surface area contributed by atoms with Gasteiger partial charge >= 0.3 is 6.03 Å². The number of urea groups is 1. The van der Waals surface area contributed by atoms with Crippen molar-refractivity contribution in [3.05, 3.63) is 28.7 Å². The third-order valence-corrected chi connectivity index (χ3v) is 6.83. The van der Waals surface area contributed by atoms with Gasteiger partial charge in [-0.15, -0.1) is 0 Å². The van der Waals surface area contributed by atoms with Crippen LogP contribution >= 0.6 is 0 Å². The van der Waals surface area contributed by atoms with Crippen molar-refractivity contribution in [3.63, 3.8) is 0 Å². The quantitative estimate of drug-likeness (QED) is 0.803. The second-order valence-corrected chi connectivity index (χ2v) is 8.99. The van der Waals surface area contributed by atoms with Crippen molar-refractivity contribution in [2.75, 3.05) is 11.9 Å². The second-order valence-electron chi connectivity index (χ2n) is 7.34. The predicted octanol–water partition coefficient (Wildman–Crippen LogP) is 1.55. The second kappa shape index (κ2) is 6.47. The Labute approximate surface area is 162 Å². The van der Waals surface area contributed by atoms with E-state index in [2.05, 4.69) is 15.1 Å². The van der Waals surface area contributed by atoms with Crippen LogP contribution < -0.4 is 14.8 Å². The minimum absolute atomic E-state index is 0.118. The van der Waals surface area contributed by atoms with Crippen molar-refractivity contribution < 1.29 is 17.9 Å². The topological polar surface area (TPSA) is 115 Å². The molecule has 0 saturated heterocycles. The first-order valence-corrected chi connectivity index (χ1v) is 11.1. The number of ether oxygens (including phenoxy) is 1. The normalized spacial score (nSPS) is 17.4. The monoisotopic (exact) mass is 403 g/mol. The fourth-order valence-electron chi connectivity index (χ4n) is 4.28. The van der Waals surface area contributed by atoms with E-state index in [4.69, 9.17) is 9.72 Å². The van der Waals surface area contributed by atoms with Gasteiger partial charge in [0.15, 0.2) is 4.90 Å². The number of carbonyl (C=O) groups excluding carboxylic acids is 1. The number of carbonyl (C=O) groups is 1. The molecule has 28 heavy (non-hydrogen) atoms. The number of fused-ring (bicyclic) bond motifs is 3. The van der Waals surface area contributed by atoms with E-state index < -0.39 is 16.1 Å². The summed E-state index contributed by atoms with van der Waals surface area (Å²) in [6.07, 6.45) is 7.48. The van der Waals surface area contributed by atoms with Crippen LogP contribution in [0.1, 0.15) is 41.8 Å². The van der Waals surface area contributed by atoms with Crippen molar-refractivity contribution in [1.29, 1.82) is 0 Å². The molecule has 2 aromatic heterocycles. The standard InChI is InChI=1S/C18H21N5O4S/c24-18(22-28(25,26)15-10-19-23-8-3-9-27-17(15)23)21-16-11-4-1-6-13(11)20-14-7-2-5-12(14)16/h10H,1-9H2,(H2,20,21,22,24). The summed E-state index contributed by atoms with van der Waals surface area (Å²) in [6.45, 7) is 1.02. The van der Waals surface area contributed by atoms with Crippen LogP contribution in [0.2, 0.25) is 0 Å². The smallest absolute Gasteiger partial charge is 0.333 e. The van der Waals surface area contributed by atoms with Gasteiger partial charge in [0.1, 0.15) is 0 Å². The molecule has 9 nitrogen and oxygen atoms in total. The molecule has 148 valence electrons. The summed E-state index contributed by atoms with van der Waals surface area (Å²) in [5, 5.41) is 6.84. The van der Waals surface area contributed by atoms with Crippen molar-refractivity contribution >= 4 is 21.7 Å². The molecule has 2 N–H and O–H groups in total. The molecule has 2 amide bonds. The summed E-state index contributed by atoms with van der Waals surface area (Å²) in [4.78, 5) is 17.2. The van der Waals surface area contributed by atoms with Gasteiger partial charge in [-0.25, -0.2) is 22.6 Å². The third kappa shape index (κ3) is 2.83. The molecule has 0 aromatic carbocycles. The summed E-state index contributed by atoms with van der Waals surface area (Å²) in [7, 11) is -4.09. The Balaban J connectivity index is 1.41. The first-order chi connectivity index (χ1) is 13.5. The predicted molar refractivity (Wildman–Crippen MR) is 100.0 cm³/mol. The zero-order chi connectivity index (χ0) is 19.3. The molecule has 0 unspecified atom stereocenters. The molecular formula is C18H21N5O4S. The number of anilines is 1. The number of amides is 2. The lowest BCUT2D eigenvalue weighted by molar-refractivity contribution is 0.224. The lowest BCUT2D eigenvalue weighted by atomic mass is 10.1. The van der Waals surface area contributed by atoms with E-state index in [1.807, 2.05) is 0 Å². The highest BCUT2D eigenvalue weighted by Gasteiger charge is 2.30. The summed E-state index contributed by atoms with van der Waals surface area (Å²) < 4.78 is 34.5. The van der Waals surface area contributed by atoms with Gasteiger partial charge in [-0.2, -0.15) is 5.10 Å². The van der Waals surface area contributed by atoms with Crippen LogP contribution in [0.3, 0.4) is 0 Å². The molecule has 1 aliphatic heterocycles. The molecule has 3 aliphatic rings. The number of nitrogens with zero attached hydrogens (tertiary/aromatic N) is 3. The van der Waals surface area contributed by atoms with Gasteiger partial charge in [0.05, 0.1) is 18.5 Å². The first kappa shape index (κ1) is 17.5. The Morgan fingerprint density at radius 3 is 2.50 bits per heavy atom. The van der Waals surface area contributed by atoms with Gasteiger partial charge in [0, 0.05) is 24.4 Å². The van der Waals surface area contributed by atoms with Crippen LogP contribution in [-0.4, -0.2) is 35.8 Å². The highest BCUT2D eigenvalue weighted by atomic mass is 32.2. The van der Waals surface area contributed by atoms with Crippen LogP contribution in [0.5, 0.6) is 5.88 Å². The van der Waals surface area contributed by atoms with Gasteiger partial charge in [-0.05, 0) is 49.7 Å². The minimum Gasteiger partial charge on any atom is -0.477 e. The van der Waals surface area contributed by atoms with Gasteiger partial charge in [0.25, 0.3) is 10.0 Å². The highest BCUT2D eigenvalue weighted by Crippen LogP contribution is 2.36. The maximum atomic E-state index is 12.7. The molecule has 2 aliphatic carbocycles. The molecule has 0 atom stereocenters. The Morgan fingerprint density at radius 1 is 1.07 bits per heavy atom. The number of pyridine rings is 1. The first-order valence-electron chi connectivity index (χ1n) is 9.59. The van der Waals surface area contributed by atoms with Gasteiger partial charge in [0.2, 0.25) is 5.88 Å². The third-order valence-electron chi connectivity index (χ3n) is 5.52. The number of aryl methyl sites for hydroxylation is 3. The fourth-order valence-corrected chi connectivity index (χ4v) is 5.27. The van der Waals surface area contributed by atoms with Crippen molar-refractivity contribution in [2.45, 2.75) is 56.4 Å². The molecule has 0 bridgehead atoms. The maximum Gasteiger partial charge on any atom is 0.333 e. The van der Waals surface area contributed by atoms with Gasteiger partial charge < -0.3 is 10.1 Å². The molecule has 2 aromatic rings. The lowest BCUT2D eigenvalue weighted by Crippen LogP contribution is -2.35. The largest absolute Gasteiger partial charge is 0.477 e.